The molecule has 0 amide bonds. The Morgan fingerprint density at radius 2 is 1.86 bits per heavy atom. The summed E-state index contributed by atoms with van der Waals surface area (Å²) in [5, 5.41) is 0. The standard InChI is InChI=1S/C18H24N2O/c1-5-18(3,4)15-6-8-16(9-7-15)21-17-12-14(13(2)19)10-11-20-17/h6-13H,5,19H2,1-4H3. The second kappa shape index (κ2) is 6.27. The minimum absolute atomic E-state index is 0.0249. The second-order valence-corrected chi connectivity index (χ2v) is 6.08. The van der Waals surface area contributed by atoms with Crippen LogP contribution in [-0.2, 0) is 5.41 Å². The highest BCUT2D eigenvalue weighted by molar-refractivity contribution is 5.34. The Labute approximate surface area is 127 Å². The molecule has 3 nitrogen and oxygen atoms in total. The van der Waals surface area contributed by atoms with Crippen molar-refractivity contribution in [2.24, 2.45) is 5.73 Å². The van der Waals surface area contributed by atoms with Gasteiger partial charge in [-0.2, -0.15) is 0 Å². The second-order valence-electron chi connectivity index (χ2n) is 6.08. The van der Waals surface area contributed by atoms with Crippen LogP contribution in [0.5, 0.6) is 11.6 Å². The van der Waals surface area contributed by atoms with E-state index in [9.17, 15) is 0 Å². The van der Waals surface area contributed by atoms with Crippen LogP contribution in [0.1, 0.15) is 51.3 Å². The first-order valence-corrected chi connectivity index (χ1v) is 7.42. The van der Waals surface area contributed by atoms with Crippen LogP contribution >= 0.6 is 0 Å². The van der Waals surface area contributed by atoms with E-state index in [0.717, 1.165) is 17.7 Å². The summed E-state index contributed by atoms with van der Waals surface area (Å²) in [5.41, 5.74) is 8.39. The van der Waals surface area contributed by atoms with E-state index in [1.807, 2.05) is 31.2 Å². The lowest BCUT2D eigenvalue weighted by Crippen LogP contribution is -2.14. The Hall–Kier alpha value is -1.87. The minimum Gasteiger partial charge on any atom is -0.439 e. The van der Waals surface area contributed by atoms with Crippen LogP contribution in [0.25, 0.3) is 0 Å². The summed E-state index contributed by atoms with van der Waals surface area (Å²) in [6.45, 7) is 8.64. The number of nitrogens with two attached hydrogens (primary N) is 1. The van der Waals surface area contributed by atoms with Crippen molar-refractivity contribution in [2.75, 3.05) is 0 Å². The van der Waals surface area contributed by atoms with Crippen LogP contribution in [-0.4, -0.2) is 4.98 Å². The van der Waals surface area contributed by atoms with Gasteiger partial charge in [-0.15, -0.1) is 0 Å². The van der Waals surface area contributed by atoms with Crippen molar-refractivity contribution in [3.05, 3.63) is 53.7 Å². The molecule has 0 fully saturated rings. The van der Waals surface area contributed by atoms with Crippen LogP contribution in [0.4, 0.5) is 0 Å². The van der Waals surface area contributed by atoms with Gasteiger partial charge in [0.05, 0.1) is 0 Å². The molecule has 0 aliphatic carbocycles. The molecule has 0 bridgehead atoms. The van der Waals surface area contributed by atoms with Crippen molar-refractivity contribution in [3.63, 3.8) is 0 Å². The molecule has 1 unspecified atom stereocenters. The minimum atomic E-state index is -0.0249. The summed E-state index contributed by atoms with van der Waals surface area (Å²) in [5.74, 6) is 1.37. The number of hydrogen-bond donors (Lipinski definition) is 1. The molecule has 1 atom stereocenters. The Balaban J connectivity index is 2.15. The molecule has 1 aromatic heterocycles. The molecular weight excluding hydrogens is 260 g/mol. The van der Waals surface area contributed by atoms with Crippen LogP contribution in [0, 0.1) is 0 Å². The maximum atomic E-state index is 5.88. The number of nitrogens with zero attached hydrogens (tertiary/aromatic N) is 1. The van der Waals surface area contributed by atoms with Gasteiger partial charge in [0.2, 0.25) is 5.88 Å². The fraction of sp³-hybridized carbons (Fsp3) is 0.389. The predicted octanol–water partition coefficient (Wildman–Crippen LogP) is 4.58. The van der Waals surface area contributed by atoms with E-state index in [4.69, 9.17) is 10.5 Å². The Morgan fingerprint density at radius 1 is 1.19 bits per heavy atom. The van der Waals surface area contributed by atoms with Crippen molar-refractivity contribution in [2.45, 2.75) is 45.6 Å². The van der Waals surface area contributed by atoms with Crippen molar-refractivity contribution >= 4 is 0 Å². The lowest BCUT2D eigenvalue weighted by molar-refractivity contribution is 0.459. The summed E-state index contributed by atoms with van der Waals surface area (Å²) < 4.78 is 5.80. The van der Waals surface area contributed by atoms with Gasteiger partial charge < -0.3 is 10.5 Å². The molecule has 2 rings (SSSR count). The van der Waals surface area contributed by atoms with Crippen LogP contribution < -0.4 is 10.5 Å². The van der Waals surface area contributed by atoms with E-state index in [0.29, 0.717) is 5.88 Å². The van der Waals surface area contributed by atoms with Crippen molar-refractivity contribution in [1.82, 2.24) is 4.98 Å². The highest BCUT2D eigenvalue weighted by Crippen LogP contribution is 2.29. The Bertz CT molecular complexity index is 588. The van der Waals surface area contributed by atoms with Crippen molar-refractivity contribution in [1.29, 1.82) is 0 Å². The average molecular weight is 284 g/mol. The molecule has 0 aliphatic rings. The Morgan fingerprint density at radius 3 is 2.43 bits per heavy atom. The zero-order chi connectivity index (χ0) is 15.5. The summed E-state index contributed by atoms with van der Waals surface area (Å²) in [7, 11) is 0. The maximum Gasteiger partial charge on any atom is 0.219 e. The number of rotatable bonds is 5. The third-order valence-corrected chi connectivity index (χ3v) is 4.03. The van der Waals surface area contributed by atoms with Crippen molar-refractivity contribution in [3.8, 4) is 11.6 Å². The summed E-state index contributed by atoms with van der Waals surface area (Å²) in [6.07, 6.45) is 2.83. The van der Waals surface area contributed by atoms with Crippen molar-refractivity contribution < 1.29 is 4.74 Å². The van der Waals surface area contributed by atoms with Crippen LogP contribution in [0.3, 0.4) is 0 Å². The molecule has 0 radical (unpaired) electrons. The molecule has 112 valence electrons. The smallest absolute Gasteiger partial charge is 0.219 e. The van der Waals surface area contributed by atoms with Gasteiger partial charge in [-0.3, -0.25) is 0 Å². The SMILES string of the molecule is CCC(C)(C)c1ccc(Oc2cc(C(C)N)ccn2)cc1. The number of aromatic nitrogens is 1. The van der Waals surface area contributed by atoms with Gasteiger partial charge in [-0.1, -0.05) is 32.9 Å². The zero-order valence-corrected chi connectivity index (χ0v) is 13.3. The van der Waals surface area contributed by atoms with Gasteiger partial charge in [-0.25, -0.2) is 4.98 Å². The molecule has 0 spiro atoms. The molecule has 2 N–H and O–H groups in total. The summed E-state index contributed by atoms with van der Waals surface area (Å²) in [4.78, 5) is 4.23. The van der Waals surface area contributed by atoms with Gasteiger partial charge in [0.25, 0.3) is 0 Å². The molecule has 2 aromatic rings. The van der Waals surface area contributed by atoms with Crippen LogP contribution in [0.2, 0.25) is 0 Å². The highest BCUT2D eigenvalue weighted by atomic mass is 16.5. The topological polar surface area (TPSA) is 48.1 Å². The first-order valence-electron chi connectivity index (χ1n) is 7.42. The molecular formula is C18H24N2O. The molecule has 1 aromatic carbocycles. The van der Waals surface area contributed by atoms with E-state index in [1.165, 1.54) is 5.56 Å². The van der Waals surface area contributed by atoms with Gasteiger partial charge in [0, 0.05) is 18.3 Å². The predicted molar refractivity (Wildman–Crippen MR) is 86.7 cm³/mol. The van der Waals surface area contributed by atoms with Crippen LogP contribution in [0.15, 0.2) is 42.6 Å². The normalized spacial score (nSPS) is 13.0. The molecule has 0 aliphatic heterocycles. The van der Waals surface area contributed by atoms with E-state index < -0.39 is 0 Å². The number of benzene rings is 1. The number of hydrogen-bond acceptors (Lipinski definition) is 3. The molecule has 21 heavy (non-hydrogen) atoms. The monoisotopic (exact) mass is 284 g/mol. The zero-order valence-electron chi connectivity index (χ0n) is 13.3. The highest BCUT2D eigenvalue weighted by Gasteiger charge is 2.17. The molecule has 0 saturated carbocycles. The number of pyridine rings is 1. The summed E-state index contributed by atoms with van der Waals surface area (Å²) in [6, 6.07) is 12.0. The van der Waals surface area contributed by atoms with Gasteiger partial charge in [-0.05, 0) is 48.1 Å². The number of ether oxygens (including phenoxy) is 1. The third kappa shape index (κ3) is 3.82. The lowest BCUT2D eigenvalue weighted by atomic mass is 9.82. The van der Waals surface area contributed by atoms with Gasteiger partial charge in [0.15, 0.2) is 0 Å². The van der Waals surface area contributed by atoms with E-state index in [1.54, 1.807) is 6.20 Å². The fourth-order valence-electron chi connectivity index (χ4n) is 2.06. The third-order valence-electron chi connectivity index (χ3n) is 4.03. The molecule has 1 heterocycles. The fourth-order valence-corrected chi connectivity index (χ4v) is 2.06. The summed E-state index contributed by atoms with van der Waals surface area (Å²) >= 11 is 0. The first-order chi connectivity index (χ1) is 9.92. The average Bonchev–Trinajstić information content (AvgIpc) is 2.48. The quantitative estimate of drug-likeness (QED) is 0.874. The largest absolute Gasteiger partial charge is 0.439 e. The van der Waals surface area contributed by atoms with E-state index >= 15 is 0 Å². The first kappa shape index (κ1) is 15.5. The Kier molecular flexibility index (Phi) is 4.63. The van der Waals surface area contributed by atoms with Gasteiger partial charge >= 0.3 is 0 Å². The maximum absolute atomic E-state index is 5.88. The lowest BCUT2D eigenvalue weighted by Gasteiger charge is -2.23. The van der Waals surface area contributed by atoms with Gasteiger partial charge in [0.1, 0.15) is 5.75 Å². The molecule has 3 heteroatoms. The molecule has 0 saturated heterocycles. The van der Waals surface area contributed by atoms with E-state index in [2.05, 4.69) is 37.9 Å². The van der Waals surface area contributed by atoms with E-state index in [-0.39, 0.29) is 11.5 Å².